The second-order valence-corrected chi connectivity index (χ2v) is 6.09. The van der Waals surface area contributed by atoms with Crippen molar-refractivity contribution in [3.63, 3.8) is 0 Å². The van der Waals surface area contributed by atoms with Crippen molar-refractivity contribution in [3.05, 3.63) is 12.2 Å². The van der Waals surface area contributed by atoms with E-state index in [0.717, 1.165) is 18.9 Å². The van der Waals surface area contributed by atoms with Gasteiger partial charge in [-0.1, -0.05) is 0 Å². The molecule has 0 aliphatic carbocycles. The van der Waals surface area contributed by atoms with Gasteiger partial charge in [-0.15, -0.1) is 0 Å². The van der Waals surface area contributed by atoms with Gasteiger partial charge in [0.2, 0.25) is 0 Å². The third-order valence-electron chi connectivity index (χ3n) is 4.66. The standard InChI is InChI=1S/C14H25N5/c1-2-19-13(16-12-17-19)9-18-8-4-6-14(11-18)5-3-7-15-10-14/h12,15H,2-11H2,1H3. The van der Waals surface area contributed by atoms with Crippen LogP contribution >= 0.6 is 0 Å². The van der Waals surface area contributed by atoms with Gasteiger partial charge in [-0.25, -0.2) is 9.67 Å². The van der Waals surface area contributed by atoms with Gasteiger partial charge in [0.05, 0.1) is 6.54 Å². The normalized spacial score (nSPS) is 28.9. The lowest BCUT2D eigenvalue weighted by Gasteiger charge is -2.45. The molecule has 0 radical (unpaired) electrons. The quantitative estimate of drug-likeness (QED) is 0.892. The summed E-state index contributed by atoms with van der Waals surface area (Å²) in [5.74, 6) is 1.11. The molecule has 106 valence electrons. The summed E-state index contributed by atoms with van der Waals surface area (Å²) >= 11 is 0. The molecular weight excluding hydrogens is 238 g/mol. The molecule has 5 nitrogen and oxygen atoms in total. The van der Waals surface area contributed by atoms with Crippen molar-refractivity contribution >= 4 is 0 Å². The van der Waals surface area contributed by atoms with Gasteiger partial charge in [-0.2, -0.15) is 5.10 Å². The average Bonchev–Trinajstić information content (AvgIpc) is 2.87. The van der Waals surface area contributed by atoms with Crippen molar-refractivity contribution in [2.24, 2.45) is 5.41 Å². The summed E-state index contributed by atoms with van der Waals surface area (Å²) in [6, 6.07) is 0. The fraction of sp³-hybridized carbons (Fsp3) is 0.857. The van der Waals surface area contributed by atoms with E-state index in [1.807, 2.05) is 4.68 Å². The summed E-state index contributed by atoms with van der Waals surface area (Å²) < 4.78 is 2.01. The number of piperidine rings is 2. The molecule has 1 atom stereocenters. The lowest BCUT2D eigenvalue weighted by molar-refractivity contribution is 0.0577. The molecule has 0 aromatic carbocycles. The molecule has 1 aromatic rings. The molecular formula is C14H25N5. The van der Waals surface area contributed by atoms with Crippen LogP contribution in [0.25, 0.3) is 0 Å². The van der Waals surface area contributed by atoms with Crippen LogP contribution in [0.5, 0.6) is 0 Å². The molecule has 3 heterocycles. The number of hydrogen-bond donors (Lipinski definition) is 1. The molecule has 1 aromatic heterocycles. The molecule has 0 saturated carbocycles. The second-order valence-electron chi connectivity index (χ2n) is 6.09. The third-order valence-corrected chi connectivity index (χ3v) is 4.66. The van der Waals surface area contributed by atoms with Gasteiger partial charge in [0, 0.05) is 19.6 Å². The highest BCUT2D eigenvalue weighted by molar-refractivity contribution is 4.93. The zero-order chi connectivity index (χ0) is 13.1. The monoisotopic (exact) mass is 263 g/mol. The van der Waals surface area contributed by atoms with Crippen LogP contribution in [-0.2, 0) is 13.1 Å². The van der Waals surface area contributed by atoms with Crippen molar-refractivity contribution < 1.29 is 0 Å². The summed E-state index contributed by atoms with van der Waals surface area (Å²) in [6.07, 6.45) is 7.11. The lowest BCUT2D eigenvalue weighted by Crippen LogP contribution is -2.50. The first-order valence-electron chi connectivity index (χ1n) is 7.61. The Hall–Kier alpha value is -0.940. The maximum Gasteiger partial charge on any atom is 0.140 e. The predicted molar refractivity (Wildman–Crippen MR) is 74.7 cm³/mol. The average molecular weight is 263 g/mol. The molecule has 2 aliphatic heterocycles. The first-order valence-corrected chi connectivity index (χ1v) is 7.61. The van der Waals surface area contributed by atoms with E-state index in [9.17, 15) is 0 Å². The Morgan fingerprint density at radius 3 is 3.05 bits per heavy atom. The van der Waals surface area contributed by atoms with Crippen molar-refractivity contribution in [1.29, 1.82) is 0 Å². The molecule has 1 N–H and O–H groups in total. The molecule has 0 amide bonds. The summed E-state index contributed by atoms with van der Waals surface area (Å²) in [7, 11) is 0. The number of aromatic nitrogens is 3. The summed E-state index contributed by atoms with van der Waals surface area (Å²) in [6.45, 7) is 8.82. The molecule has 3 rings (SSSR count). The minimum atomic E-state index is 0.521. The third kappa shape index (κ3) is 2.82. The van der Waals surface area contributed by atoms with E-state index in [1.165, 1.54) is 51.9 Å². The first kappa shape index (κ1) is 13.1. The number of rotatable bonds is 3. The van der Waals surface area contributed by atoms with E-state index in [0.29, 0.717) is 5.41 Å². The highest BCUT2D eigenvalue weighted by atomic mass is 15.3. The number of aryl methyl sites for hydroxylation is 1. The van der Waals surface area contributed by atoms with Crippen LogP contribution in [0.4, 0.5) is 0 Å². The van der Waals surface area contributed by atoms with E-state index in [2.05, 4.69) is 27.2 Å². The van der Waals surface area contributed by atoms with E-state index in [1.54, 1.807) is 6.33 Å². The molecule has 2 saturated heterocycles. The largest absolute Gasteiger partial charge is 0.316 e. The van der Waals surface area contributed by atoms with Gasteiger partial charge >= 0.3 is 0 Å². The Balaban J connectivity index is 1.65. The molecule has 0 bridgehead atoms. The fourth-order valence-corrected chi connectivity index (χ4v) is 3.70. The highest BCUT2D eigenvalue weighted by Gasteiger charge is 2.36. The number of hydrogen-bond acceptors (Lipinski definition) is 4. The SMILES string of the molecule is CCn1ncnc1CN1CCCC2(CCCNC2)C1. The van der Waals surface area contributed by atoms with Crippen molar-refractivity contribution in [1.82, 2.24) is 25.0 Å². The molecule has 1 unspecified atom stereocenters. The first-order chi connectivity index (χ1) is 9.31. The van der Waals surface area contributed by atoms with E-state index < -0.39 is 0 Å². The minimum Gasteiger partial charge on any atom is -0.316 e. The number of nitrogens with zero attached hydrogens (tertiary/aromatic N) is 4. The van der Waals surface area contributed by atoms with Gasteiger partial charge in [0.15, 0.2) is 0 Å². The minimum absolute atomic E-state index is 0.521. The number of likely N-dealkylation sites (tertiary alicyclic amines) is 1. The molecule has 1 spiro atoms. The van der Waals surface area contributed by atoms with Crippen LogP contribution < -0.4 is 5.32 Å². The van der Waals surface area contributed by atoms with Gasteiger partial charge in [-0.05, 0) is 51.1 Å². The topological polar surface area (TPSA) is 46.0 Å². The van der Waals surface area contributed by atoms with Crippen molar-refractivity contribution in [2.75, 3.05) is 26.2 Å². The fourth-order valence-electron chi connectivity index (χ4n) is 3.70. The smallest absolute Gasteiger partial charge is 0.140 e. The van der Waals surface area contributed by atoms with Crippen molar-refractivity contribution in [2.45, 2.75) is 45.7 Å². The maximum atomic E-state index is 4.41. The zero-order valence-corrected chi connectivity index (χ0v) is 11.9. The lowest BCUT2D eigenvalue weighted by atomic mass is 9.74. The van der Waals surface area contributed by atoms with Crippen LogP contribution in [0.1, 0.15) is 38.4 Å². The van der Waals surface area contributed by atoms with E-state index >= 15 is 0 Å². The van der Waals surface area contributed by atoms with E-state index in [4.69, 9.17) is 0 Å². The molecule has 19 heavy (non-hydrogen) atoms. The second kappa shape index (κ2) is 5.59. The van der Waals surface area contributed by atoms with Crippen LogP contribution in [0.2, 0.25) is 0 Å². The van der Waals surface area contributed by atoms with Crippen LogP contribution in [0, 0.1) is 5.41 Å². The summed E-state index contributed by atoms with van der Waals surface area (Å²) in [4.78, 5) is 6.99. The zero-order valence-electron chi connectivity index (χ0n) is 11.9. The van der Waals surface area contributed by atoms with Gasteiger partial charge < -0.3 is 5.32 Å². The van der Waals surface area contributed by atoms with Crippen LogP contribution in [0.15, 0.2) is 6.33 Å². The van der Waals surface area contributed by atoms with Gasteiger partial charge in [0.1, 0.15) is 12.2 Å². The Kier molecular flexibility index (Phi) is 3.84. The predicted octanol–water partition coefficient (Wildman–Crippen LogP) is 1.26. The maximum absolute atomic E-state index is 4.41. The highest BCUT2D eigenvalue weighted by Crippen LogP contribution is 2.36. The molecule has 2 aliphatic rings. The summed E-state index contributed by atoms with van der Waals surface area (Å²) in [5, 5.41) is 7.86. The van der Waals surface area contributed by atoms with Gasteiger partial charge in [0.25, 0.3) is 0 Å². The van der Waals surface area contributed by atoms with Crippen LogP contribution in [-0.4, -0.2) is 45.8 Å². The Labute approximate surface area is 115 Å². The van der Waals surface area contributed by atoms with Crippen LogP contribution in [0.3, 0.4) is 0 Å². The van der Waals surface area contributed by atoms with Crippen molar-refractivity contribution in [3.8, 4) is 0 Å². The molecule has 2 fully saturated rings. The molecule has 5 heteroatoms. The Morgan fingerprint density at radius 2 is 2.26 bits per heavy atom. The Bertz CT molecular complexity index is 402. The Morgan fingerprint density at radius 1 is 1.37 bits per heavy atom. The van der Waals surface area contributed by atoms with E-state index in [-0.39, 0.29) is 0 Å². The van der Waals surface area contributed by atoms with Gasteiger partial charge in [-0.3, -0.25) is 4.90 Å². The number of nitrogens with one attached hydrogen (secondary N) is 1. The summed E-state index contributed by atoms with van der Waals surface area (Å²) in [5.41, 5.74) is 0.521.